The van der Waals surface area contributed by atoms with Gasteiger partial charge in [-0.1, -0.05) is 17.9 Å². The summed E-state index contributed by atoms with van der Waals surface area (Å²) in [6.45, 7) is 8.06. The van der Waals surface area contributed by atoms with E-state index in [-0.39, 0.29) is 5.91 Å². The number of fused-ring (bicyclic) bond motifs is 1. The van der Waals surface area contributed by atoms with Crippen LogP contribution >= 0.6 is 11.3 Å². The predicted molar refractivity (Wildman–Crippen MR) is 85.7 cm³/mol. The Bertz CT molecular complexity index is 894. The van der Waals surface area contributed by atoms with Gasteiger partial charge >= 0.3 is 0 Å². The van der Waals surface area contributed by atoms with Gasteiger partial charge in [0.2, 0.25) is 0 Å². The van der Waals surface area contributed by atoms with Crippen LogP contribution in [0.15, 0.2) is 24.7 Å². The van der Waals surface area contributed by atoms with Crippen molar-refractivity contribution in [2.75, 3.05) is 19.0 Å². The van der Waals surface area contributed by atoms with Crippen LogP contribution in [-0.4, -0.2) is 39.4 Å². The fraction of sp³-hybridized carbons (Fsp3) is 0.214. The van der Waals surface area contributed by atoms with Gasteiger partial charge in [-0.05, 0) is 6.07 Å². The van der Waals surface area contributed by atoms with Gasteiger partial charge in [0.25, 0.3) is 11.7 Å². The fourth-order valence-electron chi connectivity index (χ4n) is 1.89. The maximum Gasteiger partial charge on any atom is 0.271 e. The molecule has 3 rings (SSSR count). The van der Waals surface area contributed by atoms with E-state index in [1.54, 1.807) is 24.1 Å². The third-order valence-corrected chi connectivity index (χ3v) is 3.95. The molecule has 0 unspecified atom stereocenters. The molecular formula is C14H12N6O2S. The number of anilines is 1. The molecule has 0 saturated heterocycles. The standard InChI is InChI=1S/C14H12N6O2S/c1-15-12-5-11-10(7-16-12)18-14(23-11)19-13(21)9-6-17-20(8-9)3-4-22-2/h5-8H,3-4H2,2H3,(H,18,19,21). The largest absolute Gasteiger partial charge is 0.383 e. The first-order valence-electron chi connectivity index (χ1n) is 6.66. The second-order valence-corrected chi connectivity index (χ2v) is 5.61. The molecule has 3 heterocycles. The number of ether oxygens (including phenoxy) is 1. The van der Waals surface area contributed by atoms with Gasteiger partial charge in [-0.15, -0.1) is 4.98 Å². The quantitative estimate of drug-likeness (QED) is 0.727. The lowest BCUT2D eigenvalue weighted by Crippen LogP contribution is -2.11. The van der Waals surface area contributed by atoms with Gasteiger partial charge in [0.15, 0.2) is 5.13 Å². The minimum atomic E-state index is -0.286. The zero-order chi connectivity index (χ0) is 16.2. The summed E-state index contributed by atoms with van der Waals surface area (Å²) in [5.74, 6) is 0.0181. The maximum atomic E-state index is 12.2. The van der Waals surface area contributed by atoms with Gasteiger partial charge in [-0.3, -0.25) is 14.8 Å². The molecule has 1 amide bonds. The van der Waals surface area contributed by atoms with Gasteiger partial charge in [-0.2, -0.15) is 5.10 Å². The van der Waals surface area contributed by atoms with E-state index in [0.717, 1.165) is 4.70 Å². The number of rotatable bonds is 5. The van der Waals surface area contributed by atoms with Crippen molar-refractivity contribution in [3.63, 3.8) is 0 Å². The van der Waals surface area contributed by atoms with E-state index in [2.05, 4.69) is 25.2 Å². The summed E-state index contributed by atoms with van der Waals surface area (Å²) >= 11 is 1.30. The molecule has 9 heteroatoms. The zero-order valence-electron chi connectivity index (χ0n) is 12.2. The highest BCUT2D eigenvalue weighted by atomic mass is 32.1. The Morgan fingerprint density at radius 3 is 3.17 bits per heavy atom. The Hall–Kier alpha value is -2.83. The molecule has 0 aromatic carbocycles. The summed E-state index contributed by atoms with van der Waals surface area (Å²) in [5.41, 5.74) is 1.09. The number of thiazole rings is 1. The summed E-state index contributed by atoms with van der Waals surface area (Å²) in [6, 6.07) is 1.65. The van der Waals surface area contributed by atoms with Crippen LogP contribution < -0.4 is 5.32 Å². The van der Waals surface area contributed by atoms with Crippen LogP contribution in [0, 0.1) is 6.57 Å². The fourth-order valence-corrected chi connectivity index (χ4v) is 2.76. The van der Waals surface area contributed by atoms with Gasteiger partial charge < -0.3 is 9.58 Å². The molecular weight excluding hydrogens is 316 g/mol. The van der Waals surface area contributed by atoms with Crippen LogP contribution in [0.5, 0.6) is 0 Å². The third-order valence-electron chi connectivity index (χ3n) is 3.02. The Morgan fingerprint density at radius 2 is 2.39 bits per heavy atom. The van der Waals surface area contributed by atoms with Crippen molar-refractivity contribution >= 4 is 38.4 Å². The second-order valence-electron chi connectivity index (χ2n) is 4.58. The minimum Gasteiger partial charge on any atom is -0.383 e. The van der Waals surface area contributed by atoms with E-state index in [4.69, 9.17) is 11.3 Å². The normalized spacial score (nSPS) is 10.6. The number of aromatic nitrogens is 4. The molecule has 23 heavy (non-hydrogen) atoms. The Labute approximate surface area is 135 Å². The van der Waals surface area contributed by atoms with Crippen LogP contribution in [-0.2, 0) is 11.3 Å². The van der Waals surface area contributed by atoms with E-state index >= 15 is 0 Å². The topological polar surface area (TPSA) is 86.3 Å². The lowest BCUT2D eigenvalue weighted by molar-refractivity contribution is 0.102. The molecule has 0 radical (unpaired) electrons. The molecule has 116 valence electrons. The van der Waals surface area contributed by atoms with E-state index in [9.17, 15) is 4.79 Å². The minimum absolute atomic E-state index is 0.286. The Balaban J connectivity index is 1.74. The highest BCUT2D eigenvalue weighted by Crippen LogP contribution is 2.28. The van der Waals surface area contributed by atoms with E-state index in [1.165, 1.54) is 23.7 Å². The first kappa shape index (κ1) is 15.1. The van der Waals surface area contributed by atoms with Crippen LogP contribution in [0.25, 0.3) is 15.1 Å². The number of nitrogens with one attached hydrogen (secondary N) is 1. The SMILES string of the molecule is [C-]#[N+]c1cc2sc(NC(=O)c3cnn(CCOC)c3)nc2cn1. The molecule has 8 nitrogen and oxygen atoms in total. The Kier molecular flexibility index (Phi) is 4.27. The molecule has 0 aliphatic rings. The monoisotopic (exact) mass is 328 g/mol. The van der Waals surface area contributed by atoms with Crippen molar-refractivity contribution in [3.05, 3.63) is 41.6 Å². The molecule has 0 aliphatic heterocycles. The first-order chi connectivity index (χ1) is 11.2. The molecule has 3 aromatic rings. The van der Waals surface area contributed by atoms with Crippen LogP contribution in [0.2, 0.25) is 0 Å². The molecule has 0 fully saturated rings. The number of amides is 1. The highest BCUT2D eigenvalue weighted by molar-refractivity contribution is 7.22. The van der Waals surface area contributed by atoms with Crippen molar-refractivity contribution in [2.24, 2.45) is 0 Å². The van der Waals surface area contributed by atoms with Crippen molar-refractivity contribution in [1.82, 2.24) is 19.7 Å². The predicted octanol–water partition coefficient (Wildman–Crippen LogP) is 2.34. The average Bonchev–Trinajstić information content (AvgIpc) is 3.18. The molecule has 0 spiro atoms. The summed E-state index contributed by atoms with van der Waals surface area (Å²) in [4.78, 5) is 23.7. The summed E-state index contributed by atoms with van der Waals surface area (Å²) in [6.07, 6.45) is 4.68. The van der Waals surface area contributed by atoms with E-state index in [0.29, 0.717) is 35.2 Å². The van der Waals surface area contributed by atoms with Crippen LogP contribution in [0.1, 0.15) is 10.4 Å². The first-order valence-corrected chi connectivity index (χ1v) is 7.48. The second kappa shape index (κ2) is 6.51. The van der Waals surface area contributed by atoms with E-state index < -0.39 is 0 Å². The van der Waals surface area contributed by atoms with Crippen LogP contribution in [0.4, 0.5) is 10.9 Å². The van der Waals surface area contributed by atoms with Gasteiger partial charge in [0, 0.05) is 13.3 Å². The number of hydrogen-bond donors (Lipinski definition) is 1. The van der Waals surface area contributed by atoms with Gasteiger partial charge in [0.1, 0.15) is 11.7 Å². The number of methoxy groups -OCH3 is 1. The number of carbonyl (C=O) groups is 1. The summed E-state index contributed by atoms with van der Waals surface area (Å²) in [7, 11) is 1.61. The molecule has 0 saturated carbocycles. The summed E-state index contributed by atoms with van der Waals surface area (Å²) < 4.78 is 7.41. The summed E-state index contributed by atoms with van der Waals surface area (Å²) in [5, 5.41) is 7.29. The number of hydrogen-bond acceptors (Lipinski definition) is 6. The molecule has 0 aliphatic carbocycles. The lowest BCUT2D eigenvalue weighted by Gasteiger charge is -1.99. The smallest absolute Gasteiger partial charge is 0.271 e. The third kappa shape index (κ3) is 3.33. The van der Waals surface area contributed by atoms with Crippen LogP contribution in [0.3, 0.4) is 0 Å². The Morgan fingerprint density at radius 1 is 1.52 bits per heavy atom. The molecule has 3 aromatic heterocycles. The number of pyridine rings is 1. The van der Waals surface area contributed by atoms with E-state index in [1.807, 2.05) is 0 Å². The van der Waals surface area contributed by atoms with Gasteiger partial charge in [0.05, 0.1) is 29.6 Å². The average molecular weight is 328 g/mol. The molecule has 0 atom stereocenters. The van der Waals surface area contributed by atoms with Gasteiger partial charge in [-0.25, -0.2) is 4.98 Å². The molecule has 0 bridgehead atoms. The van der Waals surface area contributed by atoms with Crippen molar-refractivity contribution < 1.29 is 9.53 Å². The maximum absolute atomic E-state index is 12.2. The van der Waals surface area contributed by atoms with Crippen molar-refractivity contribution in [2.45, 2.75) is 6.54 Å². The number of nitrogens with zero attached hydrogens (tertiary/aromatic N) is 5. The zero-order valence-corrected chi connectivity index (χ0v) is 13.0. The lowest BCUT2D eigenvalue weighted by atomic mass is 10.3. The molecule has 1 N–H and O–H groups in total. The highest BCUT2D eigenvalue weighted by Gasteiger charge is 2.13. The number of carbonyl (C=O) groups excluding carboxylic acids is 1. The van der Waals surface area contributed by atoms with Crippen molar-refractivity contribution in [3.8, 4) is 0 Å². The van der Waals surface area contributed by atoms with Crippen molar-refractivity contribution in [1.29, 1.82) is 0 Å².